The lowest BCUT2D eigenvalue weighted by Crippen LogP contribution is -2.63. The van der Waals surface area contributed by atoms with Crippen molar-refractivity contribution in [3.05, 3.63) is 59.2 Å². The molecule has 2 aromatic carbocycles. The lowest BCUT2D eigenvalue weighted by atomic mass is 9.98. The Morgan fingerprint density at radius 3 is 2.37 bits per heavy atom. The van der Waals surface area contributed by atoms with Crippen molar-refractivity contribution in [3.63, 3.8) is 0 Å². The Labute approximate surface area is 176 Å². The van der Waals surface area contributed by atoms with Crippen LogP contribution in [0.5, 0.6) is 0 Å². The summed E-state index contributed by atoms with van der Waals surface area (Å²) in [5, 5.41) is 3.04. The average Bonchev–Trinajstić information content (AvgIpc) is 3.06. The number of amides is 3. The van der Waals surface area contributed by atoms with Gasteiger partial charge in [-0.15, -0.1) is 0 Å². The summed E-state index contributed by atoms with van der Waals surface area (Å²) in [6.45, 7) is 5.88. The predicted molar refractivity (Wildman–Crippen MR) is 116 cm³/mol. The normalized spacial score (nSPS) is 20.2. The number of hydrogen-bond acceptors (Lipinski definition) is 3. The SMILES string of the molecule is CCc1cccc(CC)c1NC(=O)CN1C(=O)c2ccccc2N2C(=O)CC[C@@]12C. The molecule has 156 valence electrons. The standard InChI is InChI=1S/C24H27N3O3/c1-4-16-9-8-10-17(5-2)22(16)25-20(28)15-26-23(30)18-11-6-7-12-19(18)27-21(29)13-14-24(26,27)3/h6-12H,4-5,13-15H2,1-3H3,(H,25,28)/t24-/m0/s1. The van der Waals surface area contributed by atoms with E-state index in [2.05, 4.69) is 19.2 Å². The first-order chi connectivity index (χ1) is 14.4. The molecule has 0 saturated carbocycles. The molecule has 6 heteroatoms. The lowest BCUT2D eigenvalue weighted by Gasteiger charge is -2.48. The van der Waals surface area contributed by atoms with Gasteiger partial charge in [-0.05, 0) is 49.4 Å². The van der Waals surface area contributed by atoms with E-state index < -0.39 is 5.66 Å². The van der Waals surface area contributed by atoms with Gasteiger partial charge in [-0.1, -0.05) is 44.2 Å². The van der Waals surface area contributed by atoms with E-state index in [1.165, 1.54) is 0 Å². The van der Waals surface area contributed by atoms with Crippen LogP contribution in [0.15, 0.2) is 42.5 Å². The fourth-order valence-corrected chi connectivity index (χ4v) is 4.67. The highest BCUT2D eigenvalue weighted by atomic mass is 16.2. The zero-order valence-corrected chi connectivity index (χ0v) is 17.7. The molecule has 1 fully saturated rings. The second-order valence-corrected chi connectivity index (χ2v) is 8.06. The largest absolute Gasteiger partial charge is 0.324 e. The molecule has 3 amide bonds. The topological polar surface area (TPSA) is 69.7 Å². The van der Waals surface area contributed by atoms with E-state index in [0.717, 1.165) is 29.7 Å². The van der Waals surface area contributed by atoms with Crippen molar-refractivity contribution in [3.8, 4) is 0 Å². The molecule has 2 aromatic rings. The van der Waals surface area contributed by atoms with E-state index in [1.807, 2.05) is 31.2 Å². The molecule has 1 saturated heterocycles. The number of para-hydroxylation sites is 2. The van der Waals surface area contributed by atoms with Crippen LogP contribution in [0, 0.1) is 0 Å². The van der Waals surface area contributed by atoms with E-state index in [9.17, 15) is 14.4 Å². The van der Waals surface area contributed by atoms with Crippen LogP contribution in [0.3, 0.4) is 0 Å². The maximum absolute atomic E-state index is 13.3. The number of hydrogen-bond donors (Lipinski definition) is 1. The number of carbonyl (C=O) groups excluding carboxylic acids is 3. The predicted octanol–water partition coefficient (Wildman–Crippen LogP) is 3.75. The van der Waals surface area contributed by atoms with Crippen molar-refractivity contribution >= 4 is 29.1 Å². The third-order valence-electron chi connectivity index (χ3n) is 6.31. The Morgan fingerprint density at radius 1 is 1.03 bits per heavy atom. The van der Waals surface area contributed by atoms with Gasteiger partial charge in [0.2, 0.25) is 11.8 Å². The second-order valence-electron chi connectivity index (χ2n) is 8.06. The molecular weight excluding hydrogens is 378 g/mol. The van der Waals surface area contributed by atoms with Crippen LogP contribution in [-0.2, 0) is 22.4 Å². The number of fused-ring (bicyclic) bond motifs is 3. The lowest BCUT2D eigenvalue weighted by molar-refractivity contribution is -0.120. The fourth-order valence-electron chi connectivity index (χ4n) is 4.67. The zero-order valence-electron chi connectivity index (χ0n) is 17.7. The van der Waals surface area contributed by atoms with Crippen molar-refractivity contribution in [2.24, 2.45) is 0 Å². The third kappa shape index (κ3) is 3.07. The minimum atomic E-state index is -0.836. The number of rotatable bonds is 5. The summed E-state index contributed by atoms with van der Waals surface area (Å²) < 4.78 is 0. The summed E-state index contributed by atoms with van der Waals surface area (Å²) in [5.74, 6) is -0.486. The van der Waals surface area contributed by atoms with E-state index in [0.29, 0.717) is 24.1 Å². The maximum atomic E-state index is 13.3. The Morgan fingerprint density at radius 2 is 1.70 bits per heavy atom. The van der Waals surface area contributed by atoms with Gasteiger partial charge in [-0.25, -0.2) is 0 Å². The molecule has 1 N–H and O–H groups in total. The summed E-state index contributed by atoms with van der Waals surface area (Å²) in [6.07, 6.45) is 2.47. The Balaban J connectivity index is 1.66. The van der Waals surface area contributed by atoms with Crippen LogP contribution in [0.2, 0.25) is 0 Å². The van der Waals surface area contributed by atoms with Gasteiger partial charge in [0.1, 0.15) is 12.2 Å². The van der Waals surface area contributed by atoms with Gasteiger partial charge in [0.25, 0.3) is 5.91 Å². The molecule has 0 aromatic heterocycles. The molecule has 2 aliphatic heterocycles. The van der Waals surface area contributed by atoms with Crippen LogP contribution in [0.1, 0.15) is 55.1 Å². The summed E-state index contributed by atoms with van der Waals surface area (Å²) >= 11 is 0. The quantitative estimate of drug-likeness (QED) is 0.824. The molecule has 0 radical (unpaired) electrons. The van der Waals surface area contributed by atoms with Gasteiger partial charge in [0, 0.05) is 12.1 Å². The monoisotopic (exact) mass is 405 g/mol. The highest BCUT2D eigenvalue weighted by Crippen LogP contribution is 2.43. The molecule has 2 aliphatic rings. The number of carbonyl (C=O) groups is 3. The smallest absolute Gasteiger partial charge is 0.258 e. The summed E-state index contributed by atoms with van der Waals surface area (Å²) in [6, 6.07) is 13.1. The number of benzene rings is 2. The molecule has 0 bridgehead atoms. The molecule has 0 unspecified atom stereocenters. The Kier molecular flexibility index (Phi) is 5.10. The van der Waals surface area contributed by atoms with Crippen LogP contribution in [0.25, 0.3) is 0 Å². The average molecular weight is 405 g/mol. The summed E-state index contributed by atoms with van der Waals surface area (Å²) in [5.41, 5.74) is 3.23. The molecule has 1 atom stereocenters. The minimum Gasteiger partial charge on any atom is -0.324 e. The highest BCUT2D eigenvalue weighted by molar-refractivity contribution is 6.11. The van der Waals surface area contributed by atoms with E-state index in [-0.39, 0.29) is 24.3 Å². The van der Waals surface area contributed by atoms with Crippen LogP contribution in [0.4, 0.5) is 11.4 Å². The van der Waals surface area contributed by atoms with E-state index in [4.69, 9.17) is 0 Å². The molecule has 6 nitrogen and oxygen atoms in total. The molecule has 30 heavy (non-hydrogen) atoms. The van der Waals surface area contributed by atoms with Crippen molar-refractivity contribution < 1.29 is 14.4 Å². The van der Waals surface area contributed by atoms with Crippen molar-refractivity contribution in [1.82, 2.24) is 4.90 Å². The second kappa shape index (κ2) is 7.59. The molecule has 2 heterocycles. The molecule has 4 rings (SSSR count). The van der Waals surface area contributed by atoms with Crippen LogP contribution in [-0.4, -0.2) is 34.8 Å². The van der Waals surface area contributed by atoms with Crippen molar-refractivity contribution in [2.75, 3.05) is 16.8 Å². The summed E-state index contributed by atoms with van der Waals surface area (Å²) in [7, 11) is 0. The van der Waals surface area contributed by atoms with Crippen molar-refractivity contribution in [2.45, 2.75) is 52.1 Å². The van der Waals surface area contributed by atoms with E-state index in [1.54, 1.807) is 28.0 Å². The minimum absolute atomic E-state index is 0.0209. The number of nitrogens with zero attached hydrogens (tertiary/aromatic N) is 2. The van der Waals surface area contributed by atoms with Gasteiger partial charge in [0.05, 0.1) is 11.3 Å². The van der Waals surface area contributed by atoms with Gasteiger partial charge in [-0.3, -0.25) is 19.3 Å². The Hall–Kier alpha value is -3.15. The first-order valence-corrected chi connectivity index (χ1v) is 10.5. The number of anilines is 2. The molecular formula is C24H27N3O3. The Bertz CT molecular complexity index is 1010. The number of nitrogens with one attached hydrogen (secondary N) is 1. The van der Waals surface area contributed by atoms with Crippen molar-refractivity contribution in [1.29, 1.82) is 0 Å². The molecule has 0 aliphatic carbocycles. The van der Waals surface area contributed by atoms with Gasteiger partial charge in [0.15, 0.2) is 0 Å². The highest BCUT2D eigenvalue weighted by Gasteiger charge is 2.53. The molecule has 0 spiro atoms. The fraction of sp³-hybridized carbons (Fsp3) is 0.375. The van der Waals surface area contributed by atoms with Gasteiger partial charge < -0.3 is 10.2 Å². The zero-order chi connectivity index (χ0) is 21.5. The number of aryl methyl sites for hydroxylation is 2. The first kappa shape index (κ1) is 20.1. The summed E-state index contributed by atoms with van der Waals surface area (Å²) in [4.78, 5) is 42.3. The van der Waals surface area contributed by atoms with Crippen LogP contribution >= 0.6 is 0 Å². The van der Waals surface area contributed by atoms with Gasteiger partial charge >= 0.3 is 0 Å². The first-order valence-electron chi connectivity index (χ1n) is 10.5. The maximum Gasteiger partial charge on any atom is 0.258 e. The van der Waals surface area contributed by atoms with Crippen LogP contribution < -0.4 is 10.2 Å². The van der Waals surface area contributed by atoms with E-state index >= 15 is 0 Å². The van der Waals surface area contributed by atoms with Gasteiger partial charge in [-0.2, -0.15) is 0 Å². The third-order valence-corrected chi connectivity index (χ3v) is 6.31.